The molecular formula is C16H12ClF6NO3S. The van der Waals surface area contributed by atoms with Gasteiger partial charge in [0.15, 0.2) is 0 Å². The topological polar surface area (TPSA) is 57.6 Å². The SMILES string of the molecule is CN(c1ccc(Cl)cc1)S(=O)(=O)c1ccc(C(O)(C(F)(F)F)C(F)(F)F)cc1. The summed E-state index contributed by atoms with van der Waals surface area (Å²) in [5.41, 5.74) is -6.53. The standard InChI is InChI=1S/C16H12ClF6NO3S/c1-24(12-6-4-11(17)5-7-12)28(26,27)13-8-2-10(3-9-13)14(25,15(18,19)20)16(21,22)23/h2-9,25H,1H3. The Balaban J connectivity index is 2.46. The molecule has 0 aliphatic carbocycles. The molecular weight excluding hydrogens is 436 g/mol. The van der Waals surface area contributed by atoms with E-state index in [1.54, 1.807) is 0 Å². The van der Waals surface area contributed by atoms with Gasteiger partial charge in [-0.1, -0.05) is 23.7 Å². The molecule has 0 atom stereocenters. The zero-order valence-corrected chi connectivity index (χ0v) is 15.5. The second kappa shape index (κ2) is 7.12. The maximum atomic E-state index is 12.9. The summed E-state index contributed by atoms with van der Waals surface area (Å²) in [7, 11) is -3.14. The van der Waals surface area contributed by atoms with E-state index in [4.69, 9.17) is 11.6 Å². The quantitative estimate of drug-likeness (QED) is 0.703. The lowest BCUT2D eigenvalue weighted by molar-refractivity contribution is -0.376. The number of hydrogen-bond acceptors (Lipinski definition) is 3. The summed E-state index contributed by atoms with van der Waals surface area (Å²) in [5, 5.41) is 9.67. The molecule has 0 unspecified atom stereocenters. The number of sulfonamides is 1. The highest BCUT2D eigenvalue weighted by Crippen LogP contribution is 2.50. The van der Waals surface area contributed by atoms with Crippen LogP contribution in [0.4, 0.5) is 32.0 Å². The Hall–Kier alpha value is -1.98. The fourth-order valence-electron chi connectivity index (χ4n) is 2.30. The zero-order chi connectivity index (χ0) is 21.5. The molecule has 0 radical (unpaired) electrons. The Labute approximate surface area is 161 Å². The van der Waals surface area contributed by atoms with Crippen LogP contribution in [0.15, 0.2) is 53.4 Å². The average Bonchev–Trinajstić information content (AvgIpc) is 2.59. The van der Waals surface area contributed by atoms with Crippen LogP contribution in [0.2, 0.25) is 5.02 Å². The van der Waals surface area contributed by atoms with E-state index in [1.807, 2.05) is 0 Å². The van der Waals surface area contributed by atoms with Gasteiger partial charge in [0, 0.05) is 17.6 Å². The van der Waals surface area contributed by atoms with Crippen molar-refractivity contribution < 1.29 is 39.9 Å². The first kappa shape index (κ1) is 22.3. The van der Waals surface area contributed by atoms with Crippen molar-refractivity contribution in [3.63, 3.8) is 0 Å². The smallest absolute Gasteiger partial charge is 0.369 e. The lowest BCUT2D eigenvalue weighted by atomic mass is 9.92. The Morgan fingerprint density at radius 2 is 1.29 bits per heavy atom. The molecule has 12 heteroatoms. The molecule has 2 rings (SSSR count). The molecule has 0 amide bonds. The highest BCUT2D eigenvalue weighted by molar-refractivity contribution is 7.92. The fourth-order valence-corrected chi connectivity index (χ4v) is 3.63. The number of alkyl halides is 6. The van der Waals surface area contributed by atoms with Crippen molar-refractivity contribution in [3.8, 4) is 0 Å². The van der Waals surface area contributed by atoms with Crippen LogP contribution in [0.25, 0.3) is 0 Å². The molecule has 2 aromatic rings. The summed E-state index contributed by atoms with van der Waals surface area (Å²) in [6.07, 6.45) is -12.1. The number of anilines is 1. The first-order valence-electron chi connectivity index (χ1n) is 7.33. The van der Waals surface area contributed by atoms with Crippen LogP contribution >= 0.6 is 11.6 Å². The number of aliphatic hydroxyl groups is 1. The number of halogens is 7. The Morgan fingerprint density at radius 1 is 0.857 bits per heavy atom. The minimum atomic E-state index is -6.06. The third kappa shape index (κ3) is 3.78. The van der Waals surface area contributed by atoms with Gasteiger partial charge >= 0.3 is 12.4 Å². The molecule has 0 aromatic heterocycles. The average molecular weight is 448 g/mol. The molecule has 0 saturated carbocycles. The van der Waals surface area contributed by atoms with Crippen LogP contribution in [0.3, 0.4) is 0 Å². The summed E-state index contributed by atoms with van der Waals surface area (Å²) in [6, 6.07) is 7.17. The van der Waals surface area contributed by atoms with Gasteiger partial charge in [0.05, 0.1) is 10.6 Å². The molecule has 0 heterocycles. The van der Waals surface area contributed by atoms with Crippen molar-refractivity contribution in [1.82, 2.24) is 0 Å². The summed E-state index contributed by atoms with van der Waals surface area (Å²) >= 11 is 5.71. The Bertz CT molecular complexity index is 926. The van der Waals surface area contributed by atoms with E-state index in [0.29, 0.717) is 17.2 Å². The number of rotatable bonds is 4. The third-order valence-corrected chi connectivity index (χ3v) is 5.99. The maximum absolute atomic E-state index is 12.9. The van der Waals surface area contributed by atoms with E-state index in [2.05, 4.69) is 0 Å². The van der Waals surface area contributed by atoms with Crippen molar-refractivity contribution in [3.05, 3.63) is 59.1 Å². The van der Waals surface area contributed by atoms with Crippen LogP contribution in [-0.2, 0) is 15.6 Å². The van der Waals surface area contributed by atoms with E-state index in [1.165, 1.54) is 24.3 Å². The predicted octanol–water partition coefficient (Wildman–Crippen LogP) is 4.48. The molecule has 0 aliphatic heterocycles. The van der Waals surface area contributed by atoms with Crippen molar-refractivity contribution in [2.45, 2.75) is 22.8 Å². The van der Waals surface area contributed by atoms with Gasteiger partial charge in [-0.2, -0.15) is 26.3 Å². The summed E-state index contributed by atoms with van der Waals surface area (Å²) in [6.45, 7) is 0. The van der Waals surface area contributed by atoms with Crippen LogP contribution in [0.1, 0.15) is 5.56 Å². The van der Waals surface area contributed by atoms with Crippen LogP contribution in [0, 0.1) is 0 Å². The highest BCUT2D eigenvalue weighted by Gasteiger charge is 2.71. The van der Waals surface area contributed by atoms with Gasteiger partial charge in [0.25, 0.3) is 15.6 Å². The molecule has 0 saturated heterocycles. The summed E-state index contributed by atoms with van der Waals surface area (Å²) < 4.78 is 103. The molecule has 4 nitrogen and oxygen atoms in total. The zero-order valence-electron chi connectivity index (χ0n) is 13.9. The molecule has 0 bridgehead atoms. The van der Waals surface area contributed by atoms with E-state index >= 15 is 0 Å². The molecule has 2 aromatic carbocycles. The van der Waals surface area contributed by atoms with Crippen LogP contribution in [0.5, 0.6) is 0 Å². The van der Waals surface area contributed by atoms with Crippen molar-refractivity contribution >= 4 is 27.3 Å². The first-order valence-corrected chi connectivity index (χ1v) is 9.15. The molecule has 28 heavy (non-hydrogen) atoms. The van der Waals surface area contributed by atoms with Gasteiger partial charge in [0.2, 0.25) is 0 Å². The minimum absolute atomic E-state index is 0.163. The predicted molar refractivity (Wildman–Crippen MR) is 89.5 cm³/mol. The van der Waals surface area contributed by atoms with Gasteiger partial charge in [-0.05, 0) is 36.4 Å². The van der Waals surface area contributed by atoms with E-state index in [9.17, 15) is 39.9 Å². The van der Waals surface area contributed by atoms with Gasteiger partial charge in [0.1, 0.15) is 0 Å². The molecule has 0 aliphatic rings. The lowest BCUT2D eigenvalue weighted by Crippen LogP contribution is -2.53. The highest BCUT2D eigenvalue weighted by atomic mass is 35.5. The fraction of sp³-hybridized carbons (Fsp3) is 0.250. The summed E-state index contributed by atoms with van der Waals surface area (Å²) in [5.74, 6) is 0. The normalized spacial score (nSPS) is 13.5. The van der Waals surface area contributed by atoms with E-state index in [0.717, 1.165) is 11.4 Å². The summed E-state index contributed by atoms with van der Waals surface area (Å²) in [4.78, 5) is -0.569. The maximum Gasteiger partial charge on any atom is 0.430 e. The van der Waals surface area contributed by atoms with Crippen LogP contribution < -0.4 is 4.31 Å². The second-order valence-corrected chi connectivity index (χ2v) is 8.08. The monoisotopic (exact) mass is 447 g/mol. The van der Waals surface area contributed by atoms with Crippen molar-refractivity contribution in [1.29, 1.82) is 0 Å². The number of nitrogens with zero attached hydrogens (tertiary/aromatic N) is 1. The Morgan fingerprint density at radius 3 is 1.68 bits per heavy atom. The van der Waals surface area contributed by atoms with Gasteiger partial charge < -0.3 is 5.11 Å². The second-order valence-electron chi connectivity index (χ2n) is 5.68. The molecule has 0 spiro atoms. The van der Waals surface area contributed by atoms with E-state index in [-0.39, 0.29) is 17.8 Å². The third-order valence-electron chi connectivity index (χ3n) is 3.94. The lowest BCUT2D eigenvalue weighted by Gasteiger charge is -2.32. The largest absolute Gasteiger partial charge is 0.430 e. The van der Waals surface area contributed by atoms with Crippen LogP contribution in [-0.4, -0.2) is 32.9 Å². The molecule has 1 N–H and O–H groups in total. The van der Waals surface area contributed by atoms with Gasteiger partial charge in [-0.25, -0.2) is 8.42 Å². The van der Waals surface area contributed by atoms with Gasteiger partial charge in [-0.15, -0.1) is 0 Å². The molecule has 0 fully saturated rings. The van der Waals surface area contributed by atoms with Gasteiger partial charge in [-0.3, -0.25) is 4.31 Å². The number of hydrogen-bond donors (Lipinski definition) is 1. The van der Waals surface area contributed by atoms with Crippen molar-refractivity contribution in [2.24, 2.45) is 0 Å². The van der Waals surface area contributed by atoms with E-state index < -0.39 is 38.4 Å². The minimum Gasteiger partial charge on any atom is -0.369 e. The number of benzene rings is 2. The Kier molecular flexibility index (Phi) is 5.68. The first-order chi connectivity index (χ1) is 12.6. The molecule has 154 valence electrons. The van der Waals surface area contributed by atoms with Crippen molar-refractivity contribution in [2.75, 3.05) is 11.4 Å².